The molecule has 3 nitrogen and oxygen atoms in total. The number of aliphatic hydroxyl groups is 1. The number of anilines is 1. The van der Waals surface area contributed by atoms with Gasteiger partial charge in [-0.05, 0) is 38.8 Å². The van der Waals surface area contributed by atoms with E-state index in [-0.39, 0.29) is 0 Å². The molecule has 0 aromatic carbocycles. The maximum atomic E-state index is 9.84. The first-order valence-corrected chi connectivity index (χ1v) is 6.47. The van der Waals surface area contributed by atoms with Crippen molar-refractivity contribution in [1.29, 1.82) is 0 Å². The fourth-order valence-electron chi connectivity index (χ4n) is 1.89. The molecule has 17 heavy (non-hydrogen) atoms. The average Bonchev–Trinajstić information content (AvgIpc) is 2.33. The van der Waals surface area contributed by atoms with E-state index in [1.807, 2.05) is 40.0 Å². The highest BCUT2D eigenvalue weighted by atomic mass is 16.3. The Morgan fingerprint density at radius 2 is 1.82 bits per heavy atom. The van der Waals surface area contributed by atoms with Crippen LogP contribution in [0, 0.1) is 6.92 Å². The van der Waals surface area contributed by atoms with Crippen LogP contribution in [-0.2, 0) is 0 Å². The third-order valence-corrected chi connectivity index (χ3v) is 3.10. The van der Waals surface area contributed by atoms with Crippen molar-refractivity contribution in [2.45, 2.75) is 46.1 Å². The van der Waals surface area contributed by atoms with Gasteiger partial charge in [0.15, 0.2) is 0 Å². The number of rotatable bonds is 1. The molecule has 0 radical (unpaired) electrons. The zero-order valence-corrected chi connectivity index (χ0v) is 11.4. The van der Waals surface area contributed by atoms with E-state index in [1.165, 1.54) is 0 Å². The highest BCUT2D eigenvalue weighted by Gasteiger charge is 2.27. The molecule has 1 N–H and O–H groups in total. The van der Waals surface area contributed by atoms with Crippen molar-refractivity contribution in [1.82, 2.24) is 4.98 Å². The molecule has 1 aromatic heterocycles. The van der Waals surface area contributed by atoms with Gasteiger partial charge < -0.3 is 10.0 Å². The predicted octanol–water partition coefficient (Wildman–Crippen LogP) is 2.77. The van der Waals surface area contributed by atoms with Gasteiger partial charge in [-0.15, -0.1) is 0 Å². The van der Waals surface area contributed by atoms with Gasteiger partial charge in [0.25, 0.3) is 0 Å². The average molecular weight is 236 g/mol. The summed E-state index contributed by atoms with van der Waals surface area (Å²) in [5, 5.41) is 9.84. The second-order valence-corrected chi connectivity index (χ2v) is 4.64. The summed E-state index contributed by atoms with van der Waals surface area (Å²) in [4.78, 5) is 6.57. The van der Waals surface area contributed by atoms with Crippen LogP contribution >= 0.6 is 0 Å². The highest BCUT2D eigenvalue weighted by Crippen LogP contribution is 2.25. The van der Waals surface area contributed by atoms with Crippen molar-refractivity contribution < 1.29 is 5.11 Å². The summed E-state index contributed by atoms with van der Waals surface area (Å²) in [5.74, 6) is 0. The monoisotopic (exact) mass is 236 g/mol. The first-order chi connectivity index (χ1) is 8.07. The van der Waals surface area contributed by atoms with Gasteiger partial charge in [0, 0.05) is 18.8 Å². The van der Waals surface area contributed by atoms with Crippen LogP contribution in [0.5, 0.6) is 0 Å². The Bertz CT molecular complexity index is 323. The number of aryl methyl sites for hydroxylation is 1. The SMILES string of the molecule is CC.Cc1ccc(N2CCC(C)(O)CC2)cn1. The molecule has 1 aliphatic heterocycles. The molecule has 1 aliphatic rings. The van der Waals surface area contributed by atoms with E-state index in [1.54, 1.807) is 0 Å². The number of hydrogen-bond donors (Lipinski definition) is 1. The van der Waals surface area contributed by atoms with Gasteiger partial charge >= 0.3 is 0 Å². The number of nitrogens with zero attached hydrogens (tertiary/aromatic N) is 2. The number of piperidine rings is 1. The quantitative estimate of drug-likeness (QED) is 0.814. The van der Waals surface area contributed by atoms with Gasteiger partial charge in [0.05, 0.1) is 17.5 Å². The summed E-state index contributed by atoms with van der Waals surface area (Å²) in [7, 11) is 0. The Kier molecular flexibility index (Phi) is 4.94. The van der Waals surface area contributed by atoms with Gasteiger partial charge in [-0.2, -0.15) is 0 Å². The molecule has 1 aromatic rings. The fourth-order valence-corrected chi connectivity index (χ4v) is 1.89. The van der Waals surface area contributed by atoms with Crippen LogP contribution in [0.1, 0.15) is 39.3 Å². The Morgan fingerprint density at radius 3 is 2.29 bits per heavy atom. The lowest BCUT2D eigenvalue weighted by Gasteiger charge is -2.36. The third-order valence-electron chi connectivity index (χ3n) is 3.10. The normalized spacial score (nSPS) is 18.3. The Balaban J connectivity index is 0.000000686. The minimum Gasteiger partial charge on any atom is -0.390 e. The smallest absolute Gasteiger partial charge is 0.0653 e. The minimum atomic E-state index is -0.478. The largest absolute Gasteiger partial charge is 0.390 e. The zero-order chi connectivity index (χ0) is 12.9. The Morgan fingerprint density at radius 1 is 1.24 bits per heavy atom. The van der Waals surface area contributed by atoms with Crippen LogP contribution in [0.3, 0.4) is 0 Å². The van der Waals surface area contributed by atoms with Crippen LogP contribution in [0.2, 0.25) is 0 Å². The van der Waals surface area contributed by atoms with Gasteiger partial charge in [0.2, 0.25) is 0 Å². The molecule has 0 amide bonds. The molecule has 0 unspecified atom stereocenters. The minimum absolute atomic E-state index is 0.478. The zero-order valence-electron chi connectivity index (χ0n) is 11.4. The molecule has 0 atom stereocenters. The van der Waals surface area contributed by atoms with Gasteiger partial charge in [0.1, 0.15) is 0 Å². The summed E-state index contributed by atoms with van der Waals surface area (Å²) in [6, 6.07) is 4.13. The Labute approximate surface area is 104 Å². The standard InChI is InChI=1S/C12H18N2O.C2H6/c1-10-3-4-11(9-13-10)14-7-5-12(2,15)6-8-14;1-2/h3-4,9,15H,5-8H2,1-2H3;1-2H3. The molecule has 96 valence electrons. The third kappa shape index (κ3) is 4.00. The lowest BCUT2D eigenvalue weighted by molar-refractivity contribution is 0.0351. The maximum Gasteiger partial charge on any atom is 0.0653 e. The molecule has 0 spiro atoms. The van der Waals surface area contributed by atoms with E-state index in [0.717, 1.165) is 37.3 Å². The molecule has 1 fully saturated rings. The van der Waals surface area contributed by atoms with Crippen molar-refractivity contribution in [3.63, 3.8) is 0 Å². The van der Waals surface area contributed by atoms with E-state index in [2.05, 4.69) is 16.0 Å². The summed E-state index contributed by atoms with van der Waals surface area (Å²) in [5.41, 5.74) is 1.73. The summed E-state index contributed by atoms with van der Waals surface area (Å²) < 4.78 is 0. The van der Waals surface area contributed by atoms with Crippen molar-refractivity contribution in [2.24, 2.45) is 0 Å². The van der Waals surface area contributed by atoms with E-state index in [4.69, 9.17) is 0 Å². The highest BCUT2D eigenvalue weighted by molar-refractivity contribution is 5.45. The van der Waals surface area contributed by atoms with Gasteiger partial charge in [-0.3, -0.25) is 4.98 Å². The topological polar surface area (TPSA) is 36.4 Å². The van der Waals surface area contributed by atoms with Crippen LogP contribution in [0.25, 0.3) is 0 Å². The Hall–Kier alpha value is -1.09. The van der Waals surface area contributed by atoms with E-state index >= 15 is 0 Å². The number of aromatic nitrogens is 1. The second kappa shape index (κ2) is 6.01. The lowest BCUT2D eigenvalue weighted by Crippen LogP contribution is -2.42. The van der Waals surface area contributed by atoms with Crippen LogP contribution < -0.4 is 4.90 Å². The molecule has 0 saturated carbocycles. The van der Waals surface area contributed by atoms with Crippen LogP contribution in [0.15, 0.2) is 18.3 Å². The molecular formula is C14H24N2O. The first-order valence-electron chi connectivity index (χ1n) is 6.47. The van der Waals surface area contributed by atoms with E-state index in [9.17, 15) is 5.11 Å². The van der Waals surface area contributed by atoms with Crippen LogP contribution in [-0.4, -0.2) is 28.8 Å². The van der Waals surface area contributed by atoms with Crippen molar-refractivity contribution in [3.8, 4) is 0 Å². The summed E-state index contributed by atoms with van der Waals surface area (Å²) in [6.45, 7) is 9.73. The molecule has 3 heteroatoms. The lowest BCUT2D eigenvalue weighted by atomic mass is 9.94. The molecule has 2 heterocycles. The molecule has 0 bridgehead atoms. The molecule has 1 saturated heterocycles. The molecule has 2 rings (SSSR count). The van der Waals surface area contributed by atoms with Crippen molar-refractivity contribution in [3.05, 3.63) is 24.0 Å². The number of pyridine rings is 1. The number of hydrogen-bond acceptors (Lipinski definition) is 3. The van der Waals surface area contributed by atoms with Crippen LogP contribution in [0.4, 0.5) is 5.69 Å². The van der Waals surface area contributed by atoms with Crippen molar-refractivity contribution in [2.75, 3.05) is 18.0 Å². The van der Waals surface area contributed by atoms with Gasteiger partial charge in [-0.25, -0.2) is 0 Å². The summed E-state index contributed by atoms with van der Waals surface area (Å²) >= 11 is 0. The van der Waals surface area contributed by atoms with E-state index < -0.39 is 5.60 Å². The maximum absolute atomic E-state index is 9.84. The second-order valence-electron chi connectivity index (χ2n) is 4.64. The van der Waals surface area contributed by atoms with Gasteiger partial charge in [-0.1, -0.05) is 13.8 Å². The fraction of sp³-hybridized carbons (Fsp3) is 0.643. The van der Waals surface area contributed by atoms with Crippen molar-refractivity contribution >= 4 is 5.69 Å². The summed E-state index contributed by atoms with van der Waals surface area (Å²) in [6.07, 6.45) is 3.58. The first kappa shape index (κ1) is 14.0. The molecule has 0 aliphatic carbocycles. The molecular weight excluding hydrogens is 212 g/mol. The predicted molar refractivity (Wildman–Crippen MR) is 72.4 cm³/mol. The van der Waals surface area contributed by atoms with E-state index in [0.29, 0.717) is 0 Å².